The van der Waals surface area contributed by atoms with Crippen LogP contribution < -0.4 is 4.74 Å². The van der Waals surface area contributed by atoms with Crippen molar-refractivity contribution < 1.29 is 9.53 Å². The van der Waals surface area contributed by atoms with E-state index in [1.165, 1.54) is 0 Å². The minimum Gasteiger partial charge on any atom is -0.481 e. The van der Waals surface area contributed by atoms with E-state index < -0.39 is 0 Å². The molecule has 22 heavy (non-hydrogen) atoms. The molecule has 1 aromatic rings. The number of allylic oxidation sites excluding steroid dienone is 2. The van der Waals surface area contributed by atoms with Crippen molar-refractivity contribution in [3.63, 3.8) is 0 Å². The molecule has 0 saturated heterocycles. The van der Waals surface area contributed by atoms with Gasteiger partial charge in [-0.15, -0.1) is 0 Å². The lowest BCUT2D eigenvalue weighted by Crippen LogP contribution is -2.44. The number of aromatic nitrogens is 2. The summed E-state index contributed by atoms with van der Waals surface area (Å²) in [6.45, 7) is 3.54. The fraction of sp³-hybridized carbons (Fsp3) is 0.588. The van der Waals surface area contributed by atoms with Crippen LogP contribution in [0.4, 0.5) is 0 Å². The van der Waals surface area contributed by atoms with Crippen LogP contribution in [0.1, 0.15) is 37.4 Å². The van der Waals surface area contributed by atoms with E-state index >= 15 is 0 Å². The molecule has 2 heterocycles. The van der Waals surface area contributed by atoms with Crippen LogP contribution in [-0.4, -0.2) is 41.0 Å². The molecule has 3 rings (SSSR count). The van der Waals surface area contributed by atoms with Crippen LogP contribution in [0.15, 0.2) is 18.5 Å². The highest BCUT2D eigenvalue weighted by molar-refractivity contribution is 5.83. The fourth-order valence-electron chi connectivity index (χ4n) is 3.42. The Balaban J connectivity index is 1.77. The van der Waals surface area contributed by atoms with E-state index in [1.54, 1.807) is 13.4 Å². The Hall–Kier alpha value is -1.91. The molecule has 0 saturated carbocycles. The van der Waals surface area contributed by atoms with E-state index in [-0.39, 0.29) is 11.3 Å². The highest BCUT2D eigenvalue weighted by Gasteiger charge is 2.37. The molecule has 1 aromatic heterocycles. The molecule has 0 bridgehead atoms. The third-order valence-corrected chi connectivity index (χ3v) is 4.84. The smallest absolute Gasteiger partial charge is 0.228 e. The van der Waals surface area contributed by atoms with Gasteiger partial charge in [0, 0.05) is 25.1 Å². The molecule has 118 valence electrons. The zero-order valence-electron chi connectivity index (χ0n) is 13.3. The molecule has 1 atom stereocenters. The van der Waals surface area contributed by atoms with Crippen LogP contribution in [0, 0.1) is 5.41 Å². The van der Waals surface area contributed by atoms with Crippen molar-refractivity contribution in [3.8, 4) is 5.88 Å². The maximum Gasteiger partial charge on any atom is 0.228 e. The number of fused-ring (bicyclic) bond motifs is 1. The number of carbonyl (C=O) groups is 1. The van der Waals surface area contributed by atoms with E-state index in [1.807, 2.05) is 4.90 Å². The van der Waals surface area contributed by atoms with Gasteiger partial charge in [-0.05, 0) is 25.7 Å². The number of amides is 1. The van der Waals surface area contributed by atoms with Gasteiger partial charge in [-0.2, -0.15) is 0 Å². The predicted molar refractivity (Wildman–Crippen MR) is 83.7 cm³/mol. The SMILES string of the molecule is COc1ncnc2c1CCN(C(=O)[C@]1(C)CC=CCC1)CC2. The summed E-state index contributed by atoms with van der Waals surface area (Å²) in [6, 6.07) is 0. The molecule has 0 radical (unpaired) electrons. The summed E-state index contributed by atoms with van der Waals surface area (Å²) < 4.78 is 5.34. The van der Waals surface area contributed by atoms with Crippen LogP contribution in [0.25, 0.3) is 0 Å². The zero-order chi connectivity index (χ0) is 15.6. The molecule has 2 aliphatic rings. The van der Waals surface area contributed by atoms with Gasteiger partial charge in [0.05, 0.1) is 18.2 Å². The van der Waals surface area contributed by atoms with Crippen molar-refractivity contribution in [3.05, 3.63) is 29.7 Å². The van der Waals surface area contributed by atoms with Gasteiger partial charge >= 0.3 is 0 Å². The second-order valence-electron chi connectivity index (χ2n) is 6.38. The first-order valence-corrected chi connectivity index (χ1v) is 7.95. The van der Waals surface area contributed by atoms with Crippen molar-refractivity contribution in [2.75, 3.05) is 20.2 Å². The Kier molecular flexibility index (Phi) is 4.14. The van der Waals surface area contributed by atoms with Crippen LogP contribution in [0.2, 0.25) is 0 Å². The van der Waals surface area contributed by atoms with Gasteiger partial charge in [0.2, 0.25) is 11.8 Å². The summed E-state index contributed by atoms with van der Waals surface area (Å²) in [5, 5.41) is 0. The third kappa shape index (κ3) is 2.72. The minimum absolute atomic E-state index is 0.249. The van der Waals surface area contributed by atoms with E-state index in [4.69, 9.17) is 4.74 Å². The number of nitrogens with zero attached hydrogens (tertiary/aromatic N) is 3. The lowest BCUT2D eigenvalue weighted by atomic mass is 9.77. The fourth-order valence-corrected chi connectivity index (χ4v) is 3.42. The summed E-state index contributed by atoms with van der Waals surface area (Å²) in [5.41, 5.74) is 1.81. The van der Waals surface area contributed by atoms with Crippen molar-refractivity contribution in [1.29, 1.82) is 0 Å². The Labute approximate surface area is 131 Å². The topological polar surface area (TPSA) is 55.3 Å². The Bertz CT molecular complexity index is 600. The van der Waals surface area contributed by atoms with Crippen molar-refractivity contribution >= 4 is 5.91 Å². The van der Waals surface area contributed by atoms with Gasteiger partial charge in [-0.3, -0.25) is 4.79 Å². The monoisotopic (exact) mass is 301 g/mol. The minimum atomic E-state index is -0.249. The highest BCUT2D eigenvalue weighted by atomic mass is 16.5. The largest absolute Gasteiger partial charge is 0.481 e. The van der Waals surface area contributed by atoms with Gasteiger partial charge < -0.3 is 9.64 Å². The van der Waals surface area contributed by atoms with Crippen molar-refractivity contribution in [2.24, 2.45) is 5.41 Å². The summed E-state index contributed by atoms with van der Waals surface area (Å²) in [5.74, 6) is 0.919. The summed E-state index contributed by atoms with van der Waals surface area (Å²) >= 11 is 0. The third-order valence-electron chi connectivity index (χ3n) is 4.84. The van der Waals surface area contributed by atoms with Crippen LogP contribution in [0.5, 0.6) is 5.88 Å². The van der Waals surface area contributed by atoms with E-state index in [9.17, 15) is 4.79 Å². The Morgan fingerprint density at radius 1 is 1.27 bits per heavy atom. The van der Waals surface area contributed by atoms with Crippen LogP contribution in [-0.2, 0) is 17.6 Å². The standard InChI is InChI=1S/C17H23N3O2/c1-17(8-4-3-5-9-17)16(21)20-10-6-13-14(7-11-20)18-12-19-15(13)22-2/h3-4,12H,5-11H2,1-2H3/t17-/m1/s1. The zero-order valence-corrected chi connectivity index (χ0v) is 13.3. The molecule has 0 spiro atoms. The Morgan fingerprint density at radius 2 is 2.09 bits per heavy atom. The summed E-state index contributed by atoms with van der Waals surface area (Å²) in [6.07, 6.45) is 10.2. The summed E-state index contributed by atoms with van der Waals surface area (Å²) in [7, 11) is 1.63. The number of rotatable bonds is 2. The highest BCUT2D eigenvalue weighted by Crippen LogP contribution is 2.35. The number of carbonyl (C=O) groups excluding carboxylic acids is 1. The first-order chi connectivity index (χ1) is 10.6. The second kappa shape index (κ2) is 6.07. The summed E-state index contributed by atoms with van der Waals surface area (Å²) in [4.78, 5) is 23.5. The maximum atomic E-state index is 13.0. The molecule has 1 aliphatic heterocycles. The molecule has 0 fully saturated rings. The first kappa shape index (κ1) is 15.0. The molecule has 1 amide bonds. The van der Waals surface area contributed by atoms with E-state index in [0.717, 1.165) is 56.5 Å². The van der Waals surface area contributed by atoms with Crippen LogP contribution in [0.3, 0.4) is 0 Å². The van der Waals surface area contributed by atoms with Gasteiger partial charge in [0.1, 0.15) is 6.33 Å². The normalized spacial score (nSPS) is 24.5. The molecule has 5 heteroatoms. The first-order valence-electron chi connectivity index (χ1n) is 7.95. The molecule has 0 N–H and O–H groups in total. The Morgan fingerprint density at radius 3 is 2.82 bits per heavy atom. The van der Waals surface area contributed by atoms with Gasteiger partial charge in [0.25, 0.3) is 0 Å². The number of hydrogen-bond donors (Lipinski definition) is 0. The molecular formula is C17H23N3O2. The number of ether oxygens (including phenoxy) is 1. The lowest BCUT2D eigenvalue weighted by Gasteiger charge is -2.35. The van der Waals surface area contributed by atoms with Crippen molar-refractivity contribution in [1.82, 2.24) is 14.9 Å². The van der Waals surface area contributed by atoms with E-state index in [2.05, 4.69) is 29.0 Å². The quantitative estimate of drug-likeness (QED) is 0.786. The lowest BCUT2D eigenvalue weighted by molar-refractivity contribution is -0.141. The average Bonchev–Trinajstić information content (AvgIpc) is 2.77. The van der Waals surface area contributed by atoms with Crippen molar-refractivity contribution in [2.45, 2.75) is 39.0 Å². The van der Waals surface area contributed by atoms with Gasteiger partial charge in [0.15, 0.2) is 0 Å². The van der Waals surface area contributed by atoms with Crippen LogP contribution >= 0.6 is 0 Å². The molecule has 0 unspecified atom stereocenters. The molecule has 5 nitrogen and oxygen atoms in total. The van der Waals surface area contributed by atoms with Gasteiger partial charge in [-0.1, -0.05) is 19.1 Å². The maximum absolute atomic E-state index is 13.0. The number of hydrogen-bond acceptors (Lipinski definition) is 4. The van der Waals surface area contributed by atoms with Gasteiger partial charge in [-0.25, -0.2) is 9.97 Å². The average molecular weight is 301 g/mol. The predicted octanol–water partition coefficient (Wildman–Crippen LogP) is 2.16. The molecule has 0 aromatic carbocycles. The second-order valence-corrected chi connectivity index (χ2v) is 6.38. The van der Waals surface area contributed by atoms with E-state index in [0.29, 0.717) is 5.88 Å². The number of methoxy groups -OCH3 is 1. The molecule has 1 aliphatic carbocycles. The molecular weight excluding hydrogens is 278 g/mol.